The van der Waals surface area contributed by atoms with E-state index in [1.165, 1.54) is 5.56 Å². The van der Waals surface area contributed by atoms with Crippen molar-refractivity contribution in [2.45, 2.75) is 0 Å². The first-order chi connectivity index (χ1) is 11.7. The molecule has 24 heavy (non-hydrogen) atoms. The van der Waals surface area contributed by atoms with Gasteiger partial charge >= 0.3 is 0 Å². The molecule has 1 heterocycles. The summed E-state index contributed by atoms with van der Waals surface area (Å²) in [6.45, 7) is 3.25. The van der Waals surface area contributed by atoms with Crippen molar-refractivity contribution in [1.29, 1.82) is 0 Å². The Morgan fingerprint density at radius 1 is 1.04 bits per heavy atom. The van der Waals surface area contributed by atoms with E-state index in [0.29, 0.717) is 4.99 Å². The standard InChI is InChI=1S/C19H19BrN2OS/c20-16-6-8-17(9-7-16)21-19(24)14-18(15-4-2-1-3-5-15)22-10-12-23-13-11-22/h1-9,14H,10-13H2,(H,21,24). The molecular formula is C19H19BrN2OS. The molecule has 1 fully saturated rings. The van der Waals surface area contributed by atoms with Gasteiger partial charge in [-0.1, -0.05) is 58.5 Å². The maximum absolute atomic E-state index is 5.56. The topological polar surface area (TPSA) is 24.5 Å². The van der Waals surface area contributed by atoms with Crippen LogP contribution < -0.4 is 5.32 Å². The Kier molecular flexibility index (Phi) is 6.01. The van der Waals surface area contributed by atoms with Crippen molar-refractivity contribution in [1.82, 2.24) is 4.90 Å². The number of rotatable bonds is 4. The van der Waals surface area contributed by atoms with E-state index in [1.807, 2.05) is 36.4 Å². The van der Waals surface area contributed by atoms with Gasteiger partial charge in [-0.3, -0.25) is 0 Å². The first kappa shape index (κ1) is 17.1. The third-order valence-corrected chi connectivity index (χ3v) is 4.55. The second kappa shape index (κ2) is 8.42. The number of benzene rings is 2. The number of thiocarbonyl (C=S) groups is 1. The number of nitrogens with zero attached hydrogens (tertiary/aromatic N) is 1. The molecule has 5 heteroatoms. The number of halogens is 1. The van der Waals surface area contributed by atoms with Crippen LogP contribution in [-0.4, -0.2) is 36.2 Å². The van der Waals surface area contributed by atoms with Crippen LogP contribution in [-0.2, 0) is 4.74 Å². The summed E-state index contributed by atoms with van der Waals surface area (Å²) in [5, 5.41) is 3.28. The third-order valence-electron chi connectivity index (χ3n) is 3.80. The third kappa shape index (κ3) is 4.66. The second-order valence-electron chi connectivity index (χ2n) is 5.49. The number of hydrogen-bond acceptors (Lipinski definition) is 3. The molecule has 2 aromatic carbocycles. The van der Waals surface area contributed by atoms with Crippen molar-refractivity contribution in [3.63, 3.8) is 0 Å². The highest BCUT2D eigenvalue weighted by atomic mass is 79.9. The van der Waals surface area contributed by atoms with Gasteiger partial charge in [0.15, 0.2) is 0 Å². The minimum atomic E-state index is 0.697. The van der Waals surface area contributed by atoms with Gasteiger partial charge in [0.05, 0.1) is 13.2 Å². The van der Waals surface area contributed by atoms with E-state index in [4.69, 9.17) is 17.0 Å². The lowest BCUT2D eigenvalue weighted by atomic mass is 10.1. The second-order valence-corrected chi connectivity index (χ2v) is 6.85. The monoisotopic (exact) mass is 402 g/mol. The van der Waals surface area contributed by atoms with E-state index in [1.54, 1.807) is 0 Å². The molecule has 2 aromatic rings. The lowest BCUT2D eigenvalue weighted by molar-refractivity contribution is 0.0640. The van der Waals surface area contributed by atoms with Gasteiger partial charge in [-0.2, -0.15) is 0 Å². The summed E-state index contributed by atoms with van der Waals surface area (Å²) in [7, 11) is 0. The maximum atomic E-state index is 5.56. The highest BCUT2D eigenvalue weighted by Gasteiger charge is 2.15. The number of anilines is 1. The maximum Gasteiger partial charge on any atom is 0.105 e. The van der Waals surface area contributed by atoms with Crippen molar-refractivity contribution >= 4 is 44.5 Å². The molecule has 0 aliphatic carbocycles. The minimum Gasteiger partial charge on any atom is -0.378 e. The first-order valence-corrected chi connectivity index (χ1v) is 9.09. The molecule has 0 spiro atoms. The summed E-state index contributed by atoms with van der Waals surface area (Å²) in [5.41, 5.74) is 3.28. The van der Waals surface area contributed by atoms with Crippen LogP contribution in [0, 0.1) is 0 Å². The molecule has 1 N–H and O–H groups in total. The number of ether oxygens (including phenoxy) is 1. The Balaban J connectivity index is 1.82. The zero-order valence-corrected chi connectivity index (χ0v) is 15.6. The van der Waals surface area contributed by atoms with Gasteiger partial charge in [-0.15, -0.1) is 0 Å². The van der Waals surface area contributed by atoms with Crippen LogP contribution in [0.25, 0.3) is 5.70 Å². The Hall–Kier alpha value is -1.69. The minimum absolute atomic E-state index is 0.697. The fourth-order valence-corrected chi connectivity index (χ4v) is 3.10. The smallest absolute Gasteiger partial charge is 0.105 e. The van der Waals surface area contributed by atoms with Crippen LogP contribution in [0.5, 0.6) is 0 Å². The average molecular weight is 403 g/mol. The van der Waals surface area contributed by atoms with E-state index in [9.17, 15) is 0 Å². The molecule has 0 bridgehead atoms. The molecule has 0 radical (unpaired) electrons. The first-order valence-electron chi connectivity index (χ1n) is 7.89. The van der Waals surface area contributed by atoms with Gasteiger partial charge in [0.2, 0.25) is 0 Å². The fourth-order valence-electron chi connectivity index (χ4n) is 2.61. The fraction of sp³-hybridized carbons (Fsp3) is 0.211. The summed E-state index contributed by atoms with van der Waals surface area (Å²) < 4.78 is 6.52. The predicted octanol–water partition coefficient (Wildman–Crippen LogP) is 4.56. The van der Waals surface area contributed by atoms with Gasteiger partial charge in [-0.25, -0.2) is 0 Å². The molecule has 1 aliphatic rings. The van der Waals surface area contributed by atoms with E-state index in [0.717, 1.165) is 42.2 Å². The normalized spacial score (nSPS) is 15.2. The van der Waals surface area contributed by atoms with Gasteiger partial charge in [-0.05, 0) is 35.9 Å². The largest absolute Gasteiger partial charge is 0.378 e. The molecule has 0 aromatic heterocycles. The summed E-state index contributed by atoms with van der Waals surface area (Å²) in [5.74, 6) is 0. The van der Waals surface area contributed by atoms with Gasteiger partial charge in [0.25, 0.3) is 0 Å². The summed E-state index contributed by atoms with van der Waals surface area (Å²) in [6, 6.07) is 18.3. The summed E-state index contributed by atoms with van der Waals surface area (Å²) >= 11 is 9.00. The van der Waals surface area contributed by atoms with E-state index in [-0.39, 0.29) is 0 Å². The summed E-state index contributed by atoms with van der Waals surface area (Å²) in [4.78, 5) is 3.02. The van der Waals surface area contributed by atoms with Gasteiger partial charge < -0.3 is 15.0 Å². The predicted molar refractivity (Wildman–Crippen MR) is 107 cm³/mol. The highest BCUT2D eigenvalue weighted by molar-refractivity contribution is 9.10. The van der Waals surface area contributed by atoms with Crippen molar-refractivity contribution in [3.8, 4) is 0 Å². The van der Waals surface area contributed by atoms with E-state index < -0.39 is 0 Å². The molecular weight excluding hydrogens is 384 g/mol. The molecule has 0 amide bonds. The molecule has 3 nitrogen and oxygen atoms in total. The molecule has 124 valence electrons. The average Bonchev–Trinajstić information content (AvgIpc) is 2.63. The Morgan fingerprint density at radius 2 is 1.71 bits per heavy atom. The molecule has 3 rings (SSSR count). The molecule has 1 saturated heterocycles. The van der Waals surface area contributed by atoms with E-state index >= 15 is 0 Å². The lowest BCUT2D eigenvalue weighted by Crippen LogP contribution is -2.35. The number of nitrogens with one attached hydrogen (secondary N) is 1. The van der Waals surface area contributed by atoms with Crippen molar-refractivity contribution in [2.75, 3.05) is 31.6 Å². The van der Waals surface area contributed by atoms with Crippen LogP contribution in [0.15, 0.2) is 65.1 Å². The SMILES string of the molecule is S=C(C=C(c1ccccc1)N1CCOCC1)Nc1ccc(Br)cc1. The van der Waals surface area contributed by atoms with Crippen LogP contribution >= 0.6 is 28.1 Å². The molecule has 1 aliphatic heterocycles. The Morgan fingerprint density at radius 3 is 2.38 bits per heavy atom. The quantitative estimate of drug-likeness (QED) is 0.598. The molecule has 0 saturated carbocycles. The number of morpholine rings is 1. The zero-order valence-electron chi connectivity index (χ0n) is 13.2. The van der Waals surface area contributed by atoms with Crippen LogP contribution in [0.3, 0.4) is 0 Å². The van der Waals surface area contributed by atoms with Crippen molar-refractivity contribution < 1.29 is 4.74 Å². The van der Waals surface area contributed by atoms with Crippen molar-refractivity contribution in [3.05, 3.63) is 70.7 Å². The lowest BCUT2D eigenvalue weighted by Gasteiger charge is -2.31. The Bertz CT molecular complexity index is 710. The van der Waals surface area contributed by atoms with Crippen LogP contribution in [0.2, 0.25) is 0 Å². The Labute approximate surface area is 156 Å². The van der Waals surface area contributed by atoms with Gasteiger partial charge in [0.1, 0.15) is 4.99 Å². The van der Waals surface area contributed by atoms with E-state index in [2.05, 4.69) is 50.4 Å². The molecule has 0 atom stereocenters. The van der Waals surface area contributed by atoms with Crippen molar-refractivity contribution in [2.24, 2.45) is 0 Å². The molecule has 0 unspecified atom stereocenters. The van der Waals surface area contributed by atoms with Crippen LogP contribution in [0.4, 0.5) is 5.69 Å². The summed E-state index contributed by atoms with van der Waals surface area (Å²) in [6.07, 6.45) is 2.04. The van der Waals surface area contributed by atoms with Gasteiger partial charge in [0, 0.05) is 28.9 Å². The zero-order chi connectivity index (χ0) is 16.8. The highest BCUT2D eigenvalue weighted by Crippen LogP contribution is 2.21. The number of hydrogen-bond donors (Lipinski definition) is 1. The van der Waals surface area contributed by atoms with Crippen LogP contribution in [0.1, 0.15) is 5.56 Å².